The third-order valence-electron chi connectivity index (χ3n) is 4.62. The van der Waals surface area contributed by atoms with Gasteiger partial charge in [0.2, 0.25) is 5.91 Å². The number of fused-ring (bicyclic) bond motifs is 1. The Labute approximate surface area is 131 Å². The third-order valence-corrected chi connectivity index (χ3v) is 4.62. The minimum Gasteiger partial charge on any atom is -0.383 e. The number of likely N-dealkylation sites (tertiary alicyclic amines) is 1. The number of aromatic amines is 1. The Morgan fingerprint density at radius 2 is 2.41 bits per heavy atom. The number of methoxy groups -OCH3 is 1. The Hall–Kier alpha value is -1.37. The summed E-state index contributed by atoms with van der Waals surface area (Å²) in [4.78, 5) is 19.9. The molecule has 2 aliphatic heterocycles. The highest BCUT2D eigenvalue weighted by molar-refractivity contribution is 5.77. The molecule has 3 rings (SSSR count). The highest BCUT2D eigenvalue weighted by atomic mass is 16.5. The lowest BCUT2D eigenvalue weighted by atomic mass is 10.1. The van der Waals surface area contributed by atoms with E-state index in [9.17, 15) is 4.79 Å². The second-order valence-electron chi connectivity index (χ2n) is 6.00. The zero-order valence-corrected chi connectivity index (χ0v) is 13.2. The van der Waals surface area contributed by atoms with Gasteiger partial charge >= 0.3 is 0 Å². The predicted molar refractivity (Wildman–Crippen MR) is 82.7 cm³/mol. The summed E-state index contributed by atoms with van der Waals surface area (Å²) >= 11 is 0. The fraction of sp³-hybridized carbons (Fsp3) is 0.688. The lowest BCUT2D eigenvalue weighted by Gasteiger charge is -2.36. The van der Waals surface area contributed by atoms with Crippen molar-refractivity contribution in [3.63, 3.8) is 0 Å². The smallest absolute Gasteiger partial charge is 0.223 e. The zero-order valence-electron chi connectivity index (χ0n) is 13.2. The van der Waals surface area contributed by atoms with E-state index in [0.717, 1.165) is 51.5 Å². The molecular weight excluding hydrogens is 282 g/mol. The van der Waals surface area contributed by atoms with Crippen molar-refractivity contribution in [2.45, 2.75) is 25.0 Å². The van der Waals surface area contributed by atoms with Crippen molar-refractivity contribution < 1.29 is 14.3 Å². The number of nitrogens with one attached hydrogen (secondary N) is 1. The standard InChI is InChI=1S/C16H25N3O3/c1-21-9-7-18-8-10-22-15-12-19(11-14(15)18)16(20)5-4-13-3-2-6-17-13/h2-3,6,14-15,17H,4-5,7-12H2,1H3/t14-,15+/m1/s1. The lowest BCUT2D eigenvalue weighted by molar-refractivity contribution is -0.130. The van der Waals surface area contributed by atoms with Gasteiger partial charge in [0.25, 0.3) is 0 Å². The number of aromatic nitrogens is 1. The van der Waals surface area contributed by atoms with Crippen molar-refractivity contribution >= 4 is 5.91 Å². The van der Waals surface area contributed by atoms with Gasteiger partial charge in [-0.3, -0.25) is 9.69 Å². The van der Waals surface area contributed by atoms with Crippen molar-refractivity contribution in [1.29, 1.82) is 0 Å². The van der Waals surface area contributed by atoms with Gasteiger partial charge in [0.05, 0.1) is 25.4 Å². The highest BCUT2D eigenvalue weighted by Crippen LogP contribution is 2.23. The van der Waals surface area contributed by atoms with Crippen LogP contribution in [-0.2, 0) is 20.7 Å². The zero-order chi connectivity index (χ0) is 15.4. The summed E-state index contributed by atoms with van der Waals surface area (Å²) in [6.45, 7) is 4.80. The van der Waals surface area contributed by atoms with Gasteiger partial charge in [-0.05, 0) is 18.6 Å². The number of H-pyrrole nitrogens is 1. The van der Waals surface area contributed by atoms with E-state index < -0.39 is 0 Å². The minimum atomic E-state index is 0.153. The van der Waals surface area contributed by atoms with Crippen molar-refractivity contribution in [3.8, 4) is 0 Å². The summed E-state index contributed by atoms with van der Waals surface area (Å²) in [7, 11) is 1.73. The van der Waals surface area contributed by atoms with Crippen LogP contribution >= 0.6 is 0 Å². The number of ether oxygens (including phenoxy) is 2. The van der Waals surface area contributed by atoms with Crippen molar-refractivity contribution in [2.75, 3.05) is 46.5 Å². The third kappa shape index (κ3) is 3.51. The van der Waals surface area contributed by atoms with Crippen LogP contribution < -0.4 is 0 Å². The number of nitrogens with zero attached hydrogens (tertiary/aromatic N) is 2. The van der Waals surface area contributed by atoms with Gasteiger partial charge in [-0.15, -0.1) is 0 Å². The second kappa shape index (κ2) is 7.26. The fourth-order valence-electron chi connectivity index (χ4n) is 3.37. The molecule has 1 aromatic rings. The molecule has 1 N–H and O–H groups in total. The first-order chi connectivity index (χ1) is 10.8. The van der Waals surface area contributed by atoms with Gasteiger partial charge in [0.15, 0.2) is 0 Å². The maximum atomic E-state index is 12.4. The number of aryl methyl sites for hydroxylation is 1. The van der Waals surface area contributed by atoms with Crippen LogP contribution in [0.1, 0.15) is 12.1 Å². The van der Waals surface area contributed by atoms with E-state index >= 15 is 0 Å². The van der Waals surface area contributed by atoms with Crippen LogP contribution in [0.4, 0.5) is 0 Å². The molecule has 6 nitrogen and oxygen atoms in total. The van der Waals surface area contributed by atoms with E-state index in [-0.39, 0.29) is 12.0 Å². The summed E-state index contributed by atoms with van der Waals surface area (Å²) in [5.41, 5.74) is 1.11. The topological polar surface area (TPSA) is 57.8 Å². The molecule has 1 aromatic heterocycles. The summed E-state index contributed by atoms with van der Waals surface area (Å²) in [5, 5.41) is 0. The summed E-state index contributed by atoms with van der Waals surface area (Å²) in [6.07, 6.45) is 3.37. The summed E-state index contributed by atoms with van der Waals surface area (Å²) in [6, 6.07) is 4.30. The molecule has 0 aromatic carbocycles. The first-order valence-electron chi connectivity index (χ1n) is 8.02. The molecular formula is C16H25N3O3. The van der Waals surface area contributed by atoms with E-state index in [1.54, 1.807) is 7.11 Å². The molecule has 2 saturated heterocycles. The average molecular weight is 307 g/mol. The first-order valence-corrected chi connectivity index (χ1v) is 8.02. The van der Waals surface area contributed by atoms with Gasteiger partial charge in [0.1, 0.15) is 0 Å². The number of carbonyl (C=O) groups is 1. The van der Waals surface area contributed by atoms with Gasteiger partial charge < -0.3 is 19.4 Å². The van der Waals surface area contributed by atoms with Crippen molar-refractivity contribution in [3.05, 3.63) is 24.0 Å². The van der Waals surface area contributed by atoms with E-state index in [1.807, 2.05) is 23.2 Å². The van der Waals surface area contributed by atoms with E-state index in [0.29, 0.717) is 12.5 Å². The molecule has 0 saturated carbocycles. The largest absolute Gasteiger partial charge is 0.383 e. The molecule has 3 heterocycles. The van der Waals surface area contributed by atoms with Crippen LogP contribution in [0.2, 0.25) is 0 Å². The van der Waals surface area contributed by atoms with E-state index in [2.05, 4.69) is 9.88 Å². The molecule has 2 aliphatic rings. The molecule has 2 fully saturated rings. The van der Waals surface area contributed by atoms with Gasteiger partial charge in [-0.1, -0.05) is 0 Å². The SMILES string of the molecule is COCCN1CCO[C@H]2CN(C(=O)CCc3ccc[nH]3)C[C@H]21. The normalized spacial score (nSPS) is 25.4. The maximum Gasteiger partial charge on any atom is 0.223 e. The maximum absolute atomic E-state index is 12.4. The van der Waals surface area contributed by atoms with E-state index in [4.69, 9.17) is 9.47 Å². The molecule has 0 unspecified atom stereocenters. The molecule has 0 bridgehead atoms. The molecule has 1 amide bonds. The molecule has 122 valence electrons. The van der Waals surface area contributed by atoms with Crippen LogP contribution in [0, 0.1) is 0 Å². The average Bonchev–Trinajstić information content (AvgIpc) is 3.19. The number of morpholine rings is 1. The van der Waals surface area contributed by atoms with Gasteiger partial charge in [-0.2, -0.15) is 0 Å². The monoisotopic (exact) mass is 307 g/mol. The Morgan fingerprint density at radius 1 is 1.50 bits per heavy atom. The fourth-order valence-corrected chi connectivity index (χ4v) is 3.37. The molecule has 0 radical (unpaired) electrons. The summed E-state index contributed by atoms with van der Waals surface area (Å²) < 4.78 is 11.0. The molecule has 6 heteroatoms. The molecule has 2 atom stereocenters. The van der Waals surface area contributed by atoms with Gasteiger partial charge in [0, 0.05) is 51.6 Å². The minimum absolute atomic E-state index is 0.153. The number of hydrogen-bond acceptors (Lipinski definition) is 4. The van der Waals surface area contributed by atoms with Crippen molar-refractivity contribution in [1.82, 2.24) is 14.8 Å². The first kappa shape index (κ1) is 15.5. The number of carbonyl (C=O) groups excluding carboxylic acids is 1. The Balaban J connectivity index is 1.52. The second-order valence-corrected chi connectivity index (χ2v) is 6.00. The Kier molecular flexibility index (Phi) is 5.12. The van der Waals surface area contributed by atoms with Crippen LogP contribution in [0.5, 0.6) is 0 Å². The quantitative estimate of drug-likeness (QED) is 0.832. The number of amides is 1. The van der Waals surface area contributed by atoms with Crippen LogP contribution in [0.25, 0.3) is 0 Å². The summed E-state index contributed by atoms with van der Waals surface area (Å²) in [5.74, 6) is 0.222. The molecule has 22 heavy (non-hydrogen) atoms. The van der Waals surface area contributed by atoms with E-state index in [1.165, 1.54) is 0 Å². The van der Waals surface area contributed by atoms with Crippen molar-refractivity contribution in [2.24, 2.45) is 0 Å². The molecule has 0 spiro atoms. The van der Waals surface area contributed by atoms with Crippen LogP contribution in [0.3, 0.4) is 0 Å². The Bertz CT molecular complexity index is 477. The van der Waals surface area contributed by atoms with Crippen LogP contribution in [0.15, 0.2) is 18.3 Å². The van der Waals surface area contributed by atoms with Crippen LogP contribution in [-0.4, -0.2) is 79.3 Å². The number of hydrogen-bond donors (Lipinski definition) is 1. The lowest BCUT2D eigenvalue weighted by Crippen LogP contribution is -2.51. The van der Waals surface area contributed by atoms with Gasteiger partial charge in [-0.25, -0.2) is 0 Å². The number of rotatable bonds is 6. The Morgan fingerprint density at radius 3 is 3.18 bits per heavy atom. The predicted octanol–water partition coefficient (Wildman–Crippen LogP) is 0.505. The highest BCUT2D eigenvalue weighted by Gasteiger charge is 2.41. The molecule has 0 aliphatic carbocycles.